The summed E-state index contributed by atoms with van der Waals surface area (Å²) in [6.07, 6.45) is 0. The Morgan fingerprint density at radius 2 is 1.83 bits per heavy atom. The molecule has 2 aromatic heterocycles. The molecule has 0 unspecified atom stereocenters. The van der Waals surface area contributed by atoms with Gasteiger partial charge in [0.25, 0.3) is 11.5 Å². The molecule has 152 valence electrons. The summed E-state index contributed by atoms with van der Waals surface area (Å²) >= 11 is 1.26. The van der Waals surface area contributed by atoms with Crippen molar-refractivity contribution in [3.05, 3.63) is 98.9 Å². The molecule has 2 N–H and O–H groups in total. The summed E-state index contributed by atoms with van der Waals surface area (Å²) in [4.78, 5) is 26.2. The van der Waals surface area contributed by atoms with Crippen LogP contribution in [0.15, 0.2) is 70.8 Å². The van der Waals surface area contributed by atoms with Crippen LogP contribution in [0.2, 0.25) is 0 Å². The number of carbonyl (C=O) groups is 1. The molecule has 0 fully saturated rings. The topological polar surface area (TPSA) is 71.3 Å². The summed E-state index contributed by atoms with van der Waals surface area (Å²) < 4.78 is 15.1. The molecule has 30 heavy (non-hydrogen) atoms. The van der Waals surface area contributed by atoms with E-state index in [9.17, 15) is 19.1 Å². The van der Waals surface area contributed by atoms with E-state index in [1.54, 1.807) is 30.5 Å². The van der Waals surface area contributed by atoms with Crippen LogP contribution in [-0.4, -0.2) is 15.6 Å². The van der Waals surface area contributed by atoms with Gasteiger partial charge in [0.15, 0.2) is 5.75 Å². The summed E-state index contributed by atoms with van der Waals surface area (Å²) in [6.45, 7) is 2.01. The van der Waals surface area contributed by atoms with E-state index in [4.69, 9.17) is 0 Å². The second kappa shape index (κ2) is 8.12. The second-order valence-electron chi connectivity index (χ2n) is 6.98. The molecule has 0 aliphatic heterocycles. The van der Waals surface area contributed by atoms with Crippen molar-refractivity contribution < 1.29 is 14.3 Å². The zero-order valence-corrected chi connectivity index (χ0v) is 16.9. The zero-order valence-electron chi connectivity index (χ0n) is 16.1. The van der Waals surface area contributed by atoms with Gasteiger partial charge in [0.2, 0.25) is 0 Å². The molecular formula is C23H19FN2O3S. The normalized spacial score (nSPS) is 12.1. The van der Waals surface area contributed by atoms with Crippen LogP contribution in [0.5, 0.6) is 5.75 Å². The van der Waals surface area contributed by atoms with Crippen LogP contribution in [0, 0.1) is 5.82 Å². The third kappa shape index (κ3) is 3.71. The molecule has 0 saturated heterocycles. The van der Waals surface area contributed by atoms with Crippen molar-refractivity contribution in [3.63, 3.8) is 0 Å². The van der Waals surface area contributed by atoms with E-state index in [1.807, 2.05) is 30.3 Å². The minimum Gasteiger partial charge on any atom is -0.505 e. The fraction of sp³-hybridized carbons (Fsp3) is 0.130. The first-order valence-corrected chi connectivity index (χ1v) is 10.3. The first-order valence-electron chi connectivity index (χ1n) is 9.39. The second-order valence-corrected chi connectivity index (χ2v) is 7.90. The number of hydrogen-bond donors (Lipinski definition) is 2. The number of hydrogen-bond acceptors (Lipinski definition) is 4. The smallest absolute Gasteiger partial charge is 0.268 e. The van der Waals surface area contributed by atoms with Gasteiger partial charge < -0.3 is 15.0 Å². The van der Waals surface area contributed by atoms with Gasteiger partial charge in [-0.1, -0.05) is 42.5 Å². The lowest BCUT2D eigenvalue weighted by molar-refractivity contribution is 0.0935. The van der Waals surface area contributed by atoms with Gasteiger partial charge in [-0.2, -0.15) is 0 Å². The van der Waals surface area contributed by atoms with E-state index < -0.39 is 17.5 Å². The van der Waals surface area contributed by atoms with Crippen LogP contribution < -0.4 is 10.9 Å². The quantitative estimate of drug-likeness (QED) is 0.499. The number of nitrogens with one attached hydrogen (secondary N) is 1. The van der Waals surface area contributed by atoms with Gasteiger partial charge in [0.1, 0.15) is 11.4 Å². The highest BCUT2D eigenvalue weighted by Crippen LogP contribution is 2.31. The SMILES string of the molecule is C[C@@H](NC(=O)c1c(O)c2sccc2n(Cc2ccccc2)c1=O)c1ccc(F)cc1. The molecule has 7 heteroatoms. The molecule has 0 radical (unpaired) electrons. The van der Waals surface area contributed by atoms with Crippen molar-refractivity contribution >= 4 is 27.5 Å². The predicted octanol–water partition coefficient (Wildman–Crippen LogP) is 4.45. The minimum atomic E-state index is -0.675. The fourth-order valence-electron chi connectivity index (χ4n) is 3.38. The number of rotatable bonds is 5. The van der Waals surface area contributed by atoms with Gasteiger partial charge in [0, 0.05) is 0 Å². The molecule has 0 aliphatic rings. The lowest BCUT2D eigenvalue weighted by Crippen LogP contribution is -2.34. The summed E-state index contributed by atoms with van der Waals surface area (Å²) in [5.74, 6) is -1.37. The maximum absolute atomic E-state index is 13.2. The number of pyridine rings is 1. The summed E-state index contributed by atoms with van der Waals surface area (Å²) in [7, 11) is 0. The van der Waals surface area contributed by atoms with Gasteiger partial charge in [-0.15, -0.1) is 11.3 Å². The molecule has 0 bridgehead atoms. The number of benzene rings is 2. The first-order chi connectivity index (χ1) is 14.5. The number of amides is 1. The molecule has 0 spiro atoms. The number of aromatic hydroxyl groups is 1. The standard InChI is InChI=1S/C23H19FN2O3S/c1-14(16-7-9-17(24)10-8-16)25-22(28)19-20(27)21-18(11-12-30-21)26(23(19)29)13-15-5-3-2-4-6-15/h2-12,14,27H,13H2,1H3,(H,25,28)/t14-/m1/s1. The van der Waals surface area contributed by atoms with Gasteiger partial charge in [-0.3, -0.25) is 9.59 Å². The molecule has 0 aliphatic carbocycles. The largest absolute Gasteiger partial charge is 0.505 e. The maximum Gasteiger partial charge on any atom is 0.268 e. The molecule has 2 heterocycles. The molecule has 1 atom stereocenters. The van der Waals surface area contributed by atoms with Crippen molar-refractivity contribution in [1.82, 2.24) is 9.88 Å². The lowest BCUT2D eigenvalue weighted by atomic mass is 10.1. The van der Waals surface area contributed by atoms with E-state index in [2.05, 4.69) is 5.32 Å². The minimum absolute atomic E-state index is 0.279. The number of thiophene rings is 1. The Labute approximate surface area is 176 Å². The van der Waals surface area contributed by atoms with Crippen LogP contribution >= 0.6 is 11.3 Å². The van der Waals surface area contributed by atoms with Crippen LogP contribution in [0.4, 0.5) is 4.39 Å². The lowest BCUT2D eigenvalue weighted by Gasteiger charge is -2.16. The number of fused-ring (bicyclic) bond motifs is 1. The van der Waals surface area contributed by atoms with Gasteiger partial charge in [-0.25, -0.2) is 4.39 Å². The highest BCUT2D eigenvalue weighted by molar-refractivity contribution is 7.17. The predicted molar refractivity (Wildman–Crippen MR) is 116 cm³/mol. The third-order valence-corrected chi connectivity index (χ3v) is 5.88. The Morgan fingerprint density at radius 3 is 2.53 bits per heavy atom. The van der Waals surface area contributed by atoms with Crippen LogP contribution in [0.25, 0.3) is 10.2 Å². The molecule has 5 nitrogen and oxygen atoms in total. The highest BCUT2D eigenvalue weighted by Gasteiger charge is 2.24. The summed E-state index contributed by atoms with van der Waals surface area (Å²) in [5, 5.41) is 15.2. The Balaban J connectivity index is 1.74. The number of aromatic nitrogens is 1. The summed E-state index contributed by atoms with van der Waals surface area (Å²) in [5.41, 5.74) is 1.31. The molecule has 1 amide bonds. The van der Waals surface area contributed by atoms with E-state index in [-0.39, 0.29) is 23.7 Å². The van der Waals surface area contributed by atoms with Crippen LogP contribution in [-0.2, 0) is 6.54 Å². The summed E-state index contributed by atoms with van der Waals surface area (Å²) in [6, 6.07) is 16.5. The molecule has 4 aromatic rings. The average molecular weight is 422 g/mol. The van der Waals surface area contributed by atoms with Gasteiger partial charge >= 0.3 is 0 Å². The van der Waals surface area contributed by atoms with Crippen LogP contribution in [0.1, 0.15) is 34.5 Å². The fourth-order valence-corrected chi connectivity index (χ4v) is 4.23. The zero-order chi connectivity index (χ0) is 21.3. The van der Waals surface area contributed by atoms with Crippen molar-refractivity contribution in [2.75, 3.05) is 0 Å². The Hall–Kier alpha value is -3.45. The van der Waals surface area contributed by atoms with E-state index in [0.29, 0.717) is 15.8 Å². The van der Waals surface area contributed by atoms with E-state index >= 15 is 0 Å². The monoisotopic (exact) mass is 422 g/mol. The molecule has 2 aromatic carbocycles. The van der Waals surface area contributed by atoms with Gasteiger partial charge in [0.05, 0.1) is 22.8 Å². The van der Waals surface area contributed by atoms with E-state index in [1.165, 1.54) is 28.0 Å². The molecular weight excluding hydrogens is 403 g/mol. The Kier molecular flexibility index (Phi) is 5.37. The maximum atomic E-state index is 13.2. The van der Waals surface area contributed by atoms with Crippen molar-refractivity contribution in [1.29, 1.82) is 0 Å². The molecule has 0 saturated carbocycles. The Morgan fingerprint density at radius 1 is 1.13 bits per heavy atom. The van der Waals surface area contributed by atoms with Crippen LogP contribution in [0.3, 0.4) is 0 Å². The van der Waals surface area contributed by atoms with Crippen molar-refractivity contribution in [2.45, 2.75) is 19.5 Å². The first kappa shape index (κ1) is 19.8. The van der Waals surface area contributed by atoms with Crippen molar-refractivity contribution in [3.8, 4) is 5.75 Å². The highest BCUT2D eigenvalue weighted by atomic mass is 32.1. The average Bonchev–Trinajstić information content (AvgIpc) is 3.22. The molecule has 4 rings (SSSR count). The van der Waals surface area contributed by atoms with Gasteiger partial charge in [-0.05, 0) is 41.6 Å². The Bertz CT molecular complexity index is 1260. The van der Waals surface area contributed by atoms with E-state index in [0.717, 1.165) is 5.56 Å². The third-order valence-electron chi connectivity index (χ3n) is 4.97. The number of nitrogens with zero attached hydrogens (tertiary/aromatic N) is 1. The number of carbonyl (C=O) groups excluding carboxylic acids is 1. The number of halogens is 1. The van der Waals surface area contributed by atoms with Crippen molar-refractivity contribution in [2.24, 2.45) is 0 Å².